The standard InChI is InChI=1S/C28H30F3N5O3/c1-5-25(37)33-19-8-11-23-21(16-19)22(28(29,30)31)17-24(34-23)32-18-6-9-20(10-7-18)35-12-14-36(15-13-35)26(38)39-27(2,3)4/h5-11,16-17H,1,12-15H2,2-4H3,(H,32,34)(H,33,37). The van der Waals surface area contributed by atoms with Crippen LogP contribution >= 0.6 is 0 Å². The second-order valence-corrected chi connectivity index (χ2v) is 10.1. The third-order valence-corrected chi connectivity index (χ3v) is 6.00. The number of aromatic nitrogens is 1. The summed E-state index contributed by atoms with van der Waals surface area (Å²) in [6.07, 6.45) is -3.93. The second kappa shape index (κ2) is 10.8. The van der Waals surface area contributed by atoms with E-state index in [0.717, 1.165) is 17.8 Å². The van der Waals surface area contributed by atoms with E-state index < -0.39 is 23.2 Å². The van der Waals surface area contributed by atoms with Gasteiger partial charge in [0.2, 0.25) is 5.91 Å². The summed E-state index contributed by atoms with van der Waals surface area (Å²) in [7, 11) is 0. The van der Waals surface area contributed by atoms with Crippen molar-refractivity contribution in [3.05, 3.63) is 66.7 Å². The number of nitrogens with zero attached hydrogens (tertiary/aromatic N) is 3. The van der Waals surface area contributed by atoms with E-state index in [2.05, 4.69) is 27.1 Å². The van der Waals surface area contributed by atoms with E-state index in [9.17, 15) is 22.8 Å². The first kappa shape index (κ1) is 27.7. The van der Waals surface area contributed by atoms with Crippen LogP contribution in [0.2, 0.25) is 0 Å². The Bertz CT molecular complexity index is 1380. The highest BCUT2D eigenvalue weighted by Crippen LogP contribution is 2.37. The van der Waals surface area contributed by atoms with Crippen LogP contribution in [0.3, 0.4) is 0 Å². The minimum absolute atomic E-state index is 0.0384. The predicted molar refractivity (Wildman–Crippen MR) is 145 cm³/mol. The van der Waals surface area contributed by atoms with Gasteiger partial charge < -0.3 is 25.2 Å². The number of halogens is 3. The molecule has 0 bridgehead atoms. The zero-order valence-corrected chi connectivity index (χ0v) is 21.9. The van der Waals surface area contributed by atoms with Crippen molar-refractivity contribution < 1.29 is 27.5 Å². The van der Waals surface area contributed by atoms with Crippen LogP contribution in [0.25, 0.3) is 10.9 Å². The van der Waals surface area contributed by atoms with Crippen molar-refractivity contribution in [1.29, 1.82) is 0 Å². The van der Waals surface area contributed by atoms with Crippen LogP contribution in [0, 0.1) is 0 Å². The number of fused-ring (bicyclic) bond motifs is 1. The van der Waals surface area contributed by atoms with E-state index in [1.807, 2.05) is 32.9 Å². The van der Waals surface area contributed by atoms with Crippen LogP contribution in [0.15, 0.2) is 61.2 Å². The zero-order chi connectivity index (χ0) is 28.4. The Morgan fingerprint density at radius 3 is 2.21 bits per heavy atom. The van der Waals surface area contributed by atoms with Crippen LogP contribution in [0.5, 0.6) is 0 Å². The van der Waals surface area contributed by atoms with Crippen LogP contribution in [0.1, 0.15) is 26.3 Å². The SMILES string of the molecule is C=CC(=O)Nc1ccc2nc(Nc3ccc(N4CCN(C(=O)OC(C)(C)C)CC4)cc3)cc(C(F)(F)F)c2c1. The van der Waals surface area contributed by atoms with Crippen molar-refractivity contribution in [2.24, 2.45) is 0 Å². The molecule has 1 aromatic heterocycles. The van der Waals surface area contributed by atoms with Gasteiger partial charge in [0.05, 0.1) is 11.1 Å². The van der Waals surface area contributed by atoms with E-state index >= 15 is 0 Å². The van der Waals surface area contributed by atoms with Gasteiger partial charge in [-0.3, -0.25) is 4.79 Å². The van der Waals surface area contributed by atoms with E-state index in [4.69, 9.17) is 4.74 Å². The maximum Gasteiger partial charge on any atom is 0.417 e. The smallest absolute Gasteiger partial charge is 0.417 e. The first-order valence-electron chi connectivity index (χ1n) is 12.4. The highest BCUT2D eigenvalue weighted by Gasteiger charge is 2.34. The molecule has 8 nitrogen and oxygen atoms in total. The molecule has 1 fully saturated rings. The Hall–Kier alpha value is -4.28. The average molecular weight is 542 g/mol. The molecule has 0 saturated carbocycles. The van der Waals surface area contributed by atoms with Crippen LogP contribution < -0.4 is 15.5 Å². The first-order valence-corrected chi connectivity index (χ1v) is 12.4. The lowest BCUT2D eigenvalue weighted by Crippen LogP contribution is -2.50. The average Bonchev–Trinajstić information content (AvgIpc) is 2.87. The van der Waals surface area contributed by atoms with Crippen molar-refractivity contribution in [2.75, 3.05) is 41.7 Å². The summed E-state index contributed by atoms with van der Waals surface area (Å²) in [5, 5.41) is 5.30. The number of carbonyl (C=O) groups is 2. The van der Waals surface area contributed by atoms with Gasteiger partial charge in [-0.15, -0.1) is 0 Å². The Morgan fingerprint density at radius 2 is 1.62 bits per heavy atom. The Balaban J connectivity index is 1.47. The van der Waals surface area contributed by atoms with Crippen molar-refractivity contribution in [3.8, 4) is 0 Å². The predicted octanol–water partition coefficient (Wildman–Crippen LogP) is 6.18. The van der Waals surface area contributed by atoms with Crippen LogP contribution in [-0.4, -0.2) is 53.7 Å². The van der Waals surface area contributed by atoms with E-state index in [1.54, 1.807) is 17.0 Å². The Morgan fingerprint density at radius 1 is 0.974 bits per heavy atom. The molecule has 2 heterocycles. The van der Waals surface area contributed by atoms with Crippen molar-refractivity contribution >= 4 is 45.8 Å². The first-order chi connectivity index (χ1) is 18.3. The monoisotopic (exact) mass is 541 g/mol. The summed E-state index contributed by atoms with van der Waals surface area (Å²) in [5.41, 5.74) is 0.418. The number of amides is 2. The molecule has 4 rings (SSSR count). The maximum absolute atomic E-state index is 13.9. The largest absolute Gasteiger partial charge is 0.444 e. The molecule has 2 N–H and O–H groups in total. The highest BCUT2D eigenvalue weighted by atomic mass is 19.4. The van der Waals surface area contributed by atoms with Gasteiger partial charge in [-0.05, 0) is 75.4 Å². The number of hydrogen-bond acceptors (Lipinski definition) is 6. The topological polar surface area (TPSA) is 86.8 Å². The molecule has 1 aliphatic rings. The fraction of sp³-hybridized carbons (Fsp3) is 0.321. The molecule has 0 atom stereocenters. The summed E-state index contributed by atoms with van der Waals surface area (Å²) in [6.45, 7) is 11.1. The van der Waals surface area contributed by atoms with Crippen LogP contribution in [0.4, 0.5) is 40.8 Å². The van der Waals surface area contributed by atoms with E-state index in [-0.39, 0.29) is 28.5 Å². The number of rotatable bonds is 5. The molecular formula is C28H30F3N5O3. The minimum Gasteiger partial charge on any atom is -0.444 e. The summed E-state index contributed by atoms with van der Waals surface area (Å²) in [6, 6.07) is 12.4. The number of carbonyl (C=O) groups excluding carboxylic acids is 2. The third kappa shape index (κ3) is 6.98. The van der Waals surface area contributed by atoms with E-state index in [0.29, 0.717) is 31.9 Å². The summed E-state index contributed by atoms with van der Waals surface area (Å²) in [4.78, 5) is 32.0. The number of piperazine rings is 1. The molecule has 2 amide bonds. The van der Waals surface area contributed by atoms with Gasteiger partial charge in [0, 0.05) is 48.6 Å². The van der Waals surface area contributed by atoms with Crippen molar-refractivity contribution in [1.82, 2.24) is 9.88 Å². The molecule has 3 aromatic rings. The lowest BCUT2D eigenvalue weighted by Gasteiger charge is -2.36. The number of ether oxygens (including phenoxy) is 1. The van der Waals surface area contributed by atoms with Crippen molar-refractivity contribution in [3.63, 3.8) is 0 Å². The lowest BCUT2D eigenvalue weighted by atomic mass is 10.1. The number of nitrogens with one attached hydrogen (secondary N) is 2. The number of pyridine rings is 1. The molecule has 1 saturated heterocycles. The molecule has 11 heteroatoms. The molecule has 206 valence electrons. The maximum atomic E-state index is 13.9. The second-order valence-electron chi connectivity index (χ2n) is 10.1. The van der Waals surface area contributed by atoms with Crippen LogP contribution in [-0.2, 0) is 15.7 Å². The number of anilines is 4. The molecule has 0 aliphatic carbocycles. The Kier molecular flexibility index (Phi) is 7.71. The fourth-order valence-electron chi connectivity index (χ4n) is 4.17. The lowest BCUT2D eigenvalue weighted by molar-refractivity contribution is -0.136. The quantitative estimate of drug-likeness (QED) is 0.375. The molecule has 0 radical (unpaired) electrons. The summed E-state index contributed by atoms with van der Waals surface area (Å²) < 4.78 is 47.2. The van der Waals surface area contributed by atoms with E-state index in [1.165, 1.54) is 18.2 Å². The fourth-order valence-corrected chi connectivity index (χ4v) is 4.17. The normalized spacial score (nSPS) is 14.2. The molecular weight excluding hydrogens is 511 g/mol. The summed E-state index contributed by atoms with van der Waals surface area (Å²) in [5.74, 6) is -0.487. The van der Waals surface area contributed by atoms with Gasteiger partial charge in [0.15, 0.2) is 0 Å². The number of alkyl halides is 3. The molecule has 39 heavy (non-hydrogen) atoms. The zero-order valence-electron chi connectivity index (χ0n) is 21.9. The minimum atomic E-state index is -4.63. The number of benzene rings is 2. The number of hydrogen-bond donors (Lipinski definition) is 2. The van der Waals surface area contributed by atoms with Gasteiger partial charge >= 0.3 is 12.3 Å². The highest BCUT2D eigenvalue weighted by molar-refractivity contribution is 6.00. The third-order valence-electron chi connectivity index (χ3n) is 6.00. The molecule has 1 aliphatic heterocycles. The molecule has 2 aromatic carbocycles. The molecule has 0 unspecified atom stereocenters. The van der Waals surface area contributed by atoms with Gasteiger partial charge in [-0.2, -0.15) is 13.2 Å². The van der Waals surface area contributed by atoms with Gasteiger partial charge in [-0.1, -0.05) is 6.58 Å². The molecule has 0 spiro atoms. The summed E-state index contributed by atoms with van der Waals surface area (Å²) >= 11 is 0. The van der Waals surface area contributed by atoms with Crippen molar-refractivity contribution in [2.45, 2.75) is 32.5 Å². The Labute approximate surface area is 224 Å². The van der Waals surface area contributed by atoms with Gasteiger partial charge in [0.1, 0.15) is 11.4 Å². The van der Waals surface area contributed by atoms with Gasteiger partial charge in [0.25, 0.3) is 0 Å². The van der Waals surface area contributed by atoms with Gasteiger partial charge in [-0.25, -0.2) is 9.78 Å².